The molecule has 1 aliphatic rings. The van der Waals surface area contributed by atoms with Gasteiger partial charge in [-0.2, -0.15) is 0 Å². The molecule has 2 atom stereocenters. The van der Waals surface area contributed by atoms with Gasteiger partial charge in [0.05, 0.1) is 0 Å². The third kappa shape index (κ3) is 4.22. The van der Waals surface area contributed by atoms with Gasteiger partial charge in [-0.1, -0.05) is 6.07 Å². The van der Waals surface area contributed by atoms with Crippen molar-refractivity contribution in [1.82, 2.24) is 4.90 Å². The number of likely N-dealkylation sites (tertiary alicyclic amines) is 1. The fourth-order valence-corrected chi connectivity index (χ4v) is 3.06. The van der Waals surface area contributed by atoms with Gasteiger partial charge >= 0.3 is 0 Å². The lowest BCUT2D eigenvalue weighted by Gasteiger charge is -2.37. The topological polar surface area (TPSA) is 38.5 Å². The van der Waals surface area contributed by atoms with Gasteiger partial charge in [0.1, 0.15) is 12.4 Å². The first-order valence-corrected chi connectivity index (χ1v) is 7.73. The second kappa shape index (κ2) is 7.09. The maximum Gasteiger partial charge on any atom is 0.119 e. The number of piperidine rings is 1. The van der Waals surface area contributed by atoms with E-state index in [9.17, 15) is 0 Å². The fourth-order valence-electron chi connectivity index (χ4n) is 3.06. The molecule has 0 aromatic heterocycles. The largest absolute Gasteiger partial charge is 0.492 e. The highest BCUT2D eigenvalue weighted by Gasteiger charge is 2.24. The molecule has 0 saturated carbocycles. The molecule has 3 nitrogen and oxygen atoms in total. The zero-order valence-corrected chi connectivity index (χ0v) is 13.1. The van der Waals surface area contributed by atoms with E-state index in [2.05, 4.69) is 43.9 Å². The van der Waals surface area contributed by atoms with Crippen LogP contribution in [0.3, 0.4) is 0 Å². The molecule has 112 valence electrons. The third-order valence-electron chi connectivity index (χ3n) is 4.28. The van der Waals surface area contributed by atoms with Crippen molar-refractivity contribution >= 4 is 0 Å². The summed E-state index contributed by atoms with van der Waals surface area (Å²) in [5.41, 5.74) is 8.32. The molecular formula is C17H28N2O. The molecule has 0 bridgehead atoms. The second-order valence-electron chi connectivity index (χ2n) is 6.19. The normalized spacial score (nSPS) is 23.8. The Hall–Kier alpha value is -1.06. The minimum atomic E-state index is 0.653. The first-order valence-electron chi connectivity index (χ1n) is 7.73. The van der Waals surface area contributed by atoms with E-state index >= 15 is 0 Å². The number of aryl methyl sites for hydroxylation is 2. The van der Waals surface area contributed by atoms with E-state index in [-0.39, 0.29) is 0 Å². The van der Waals surface area contributed by atoms with Crippen LogP contribution in [0.1, 0.15) is 30.9 Å². The van der Waals surface area contributed by atoms with E-state index in [0.29, 0.717) is 12.0 Å². The SMILES string of the molecule is Cc1cc(C)cc(OCCN2CC(CN)CCC2C)c1. The van der Waals surface area contributed by atoms with Crippen molar-refractivity contribution in [2.75, 3.05) is 26.2 Å². The van der Waals surface area contributed by atoms with Gasteiger partial charge in [0.15, 0.2) is 0 Å². The lowest BCUT2D eigenvalue weighted by molar-refractivity contribution is 0.102. The highest BCUT2D eigenvalue weighted by atomic mass is 16.5. The van der Waals surface area contributed by atoms with E-state index in [1.807, 2.05) is 0 Å². The minimum Gasteiger partial charge on any atom is -0.492 e. The zero-order valence-electron chi connectivity index (χ0n) is 13.1. The first-order chi connectivity index (χ1) is 9.58. The van der Waals surface area contributed by atoms with Crippen LogP contribution >= 0.6 is 0 Å². The molecule has 2 N–H and O–H groups in total. The molecule has 2 unspecified atom stereocenters. The summed E-state index contributed by atoms with van der Waals surface area (Å²) in [7, 11) is 0. The second-order valence-corrected chi connectivity index (χ2v) is 6.19. The van der Waals surface area contributed by atoms with Crippen LogP contribution in [0.4, 0.5) is 0 Å². The summed E-state index contributed by atoms with van der Waals surface area (Å²) in [6, 6.07) is 7.04. The van der Waals surface area contributed by atoms with Crippen molar-refractivity contribution in [2.45, 2.75) is 39.7 Å². The van der Waals surface area contributed by atoms with Gasteiger partial charge in [-0.25, -0.2) is 0 Å². The monoisotopic (exact) mass is 276 g/mol. The molecular weight excluding hydrogens is 248 g/mol. The van der Waals surface area contributed by atoms with Gasteiger partial charge in [0.2, 0.25) is 0 Å². The van der Waals surface area contributed by atoms with Crippen LogP contribution in [0.15, 0.2) is 18.2 Å². The van der Waals surface area contributed by atoms with Crippen LogP contribution in [0.5, 0.6) is 5.75 Å². The zero-order chi connectivity index (χ0) is 14.5. The van der Waals surface area contributed by atoms with E-state index in [1.54, 1.807) is 0 Å². The maximum absolute atomic E-state index is 5.91. The van der Waals surface area contributed by atoms with Gasteiger partial charge in [-0.05, 0) is 69.3 Å². The smallest absolute Gasteiger partial charge is 0.119 e. The average Bonchev–Trinajstić information content (AvgIpc) is 2.40. The van der Waals surface area contributed by atoms with Gasteiger partial charge in [0.25, 0.3) is 0 Å². The summed E-state index contributed by atoms with van der Waals surface area (Å²) in [6.07, 6.45) is 2.53. The van der Waals surface area contributed by atoms with Gasteiger partial charge in [-0.3, -0.25) is 4.90 Å². The van der Waals surface area contributed by atoms with Crippen molar-refractivity contribution in [1.29, 1.82) is 0 Å². The van der Waals surface area contributed by atoms with Gasteiger partial charge in [-0.15, -0.1) is 0 Å². The van der Waals surface area contributed by atoms with Gasteiger partial charge < -0.3 is 10.5 Å². The number of ether oxygens (including phenoxy) is 1. The molecule has 0 spiro atoms. The van der Waals surface area contributed by atoms with Crippen LogP contribution in [-0.2, 0) is 0 Å². The van der Waals surface area contributed by atoms with E-state index in [4.69, 9.17) is 10.5 Å². The minimum absolute atomic E-state index is 0.653. The van der Waals surface area contributed by atoms with Crippen LogP contribution in [0.2, 0.25) is 0 Å². The number of hydrogen-bond donors (Lipinski definition) is 1. The quantitative estimate of drug-likeness (QED) is 0.898. The Morgan fingerprint density at radius 3 is 2.55 bits per heavy atom. The Balaban J connectivity index is 1.82. The highest BCUT2D eigenvalue weighted by Crippen LogP contribution is 2.21. The molecule has 2 rings (SSSR count). The summed E-state index contributed by atoms with van der Waals surface area (Å²) in [6.45, 7) is 10.2. The summed E-state index contributed by atoms with van der Waals surface area (Å²) in [5.74, 6) is 1.65. The van der Waals surface area contributed by atoms with Crippen molar-refractivity contribution in [2.24, 2.45) is 11.7 Å². The predicted molar refractivity (Wildman–Crippen MR) is 84.2 cm³/mol. The third-order valence-corrected chi connectivity index (χ3v) is 4.28. The van der Waals surface area contributed by atoms with Crippen LogP contribution in [0, 0.1) is 19.8 Å². The van der Waals surface area contributed by atoms with Crippen molar-refractivity contribution in [3.05, 3.63) is 29.3 Å². The standard InChI is InChI=1S/C17H28N2O/c1-13-8-14(2)10-17(9-13)20-7-6-19-12-16(11-18)5-4-15(19)3/h8-10,15-16H,4-7,11-12,18H2,1-3H3. The number of nitrogens with zero attached hydrogens (tertiary/aromatic N) is 1. The molecule has 1 aromatic rings. The molecule has 20 heavy (non-hydrogen) atoms. The molecule has 1 heterocycles. The van der Waals surface area contributed by atoms with Crippen LogP contribution in [0.25, 0.3) is 0 Å². The number of benzene rings is 1. The molecule has 0 radical (unpaired) electrons. The Kier molecular flexibility index (Phi) is 5.44. The average molecular weight is 276 g/mol. The summed E-state index contributed by atoms with van der Waals surface area (Å²) >= 11 is 0. The molecule has 3 heteroatoms. The molecule has 1 aromatic carbocycles. The lowest BCUT2D eigenvalue weighted by Crippen LogP contribution is -2.45. The Morgan fingerprint density at radius 1 is 1.20 bits per heavy atom. The molecule has 1 saturated heterocycles. The molecule has 0 amide bonds. The molecule has 1 aliphatic heterocycles. The van der Waals surface area contributed by atoms with E-state index in [0.717, 1.165) is 32.0 Å². The van der Waals surface area contributed by atoms with E-state index < -0.39 is 0 Å². The molecule has 0 aliphatic carbocycles. The summed E-state index contributed by atoms with van der Waals surface area (Å²) in [5, 5.41) is 0. The Morgan fingerprint density at radius 2 is 1.90 bits per heavy atom. The molecule has 1 fully saturated rings. The van der Waals surface area contributed by atoms with Gasteiger partial charge in [0, 0.05) is 19.1 Å². The predicted octanol–water partition coefficient (Wildman–Crippen LogP) is 2.74. The van der Waals surface area contributed by atoms with Crippen molar-refractivity contribution in [3.63, 3.8) is 0 Å². The van der Waals surface area contributed by atoms with Crippen LogP contribution in [-0.4, -0.2) is 37.2 Å². The number of rotatable bonds is 5. The Labute approximate surface area is 123 Å². The van der Waals surface area contributed by atoms with Crippen molar-refractivity contribution < 1.29 is 4.74 Å². The van der Waals surface area contributed by atoms with Crippen LogP contribution < -0.4 is 10.5 Å². The number of hydrogen-bond acceptors (Lipinski definition) is 3. The highest BCUT2D eigenvalue weighted by molar-refractivity contribution is 5.32. The first kappa shape index (κ1) is 15.3. The lowest BCUT2D eigenvalue weighted by atomic mass is 9.94. The van der Waals surface area contributed by atoms with Crippen molar-refractivity contribution in [3.8, 4) is 5.75 Å². The number of nitrogens with two attached hydrogens (primary N) is 1. The summed E-state index contributed by atoms with van der Waals surface area (Å²) in [4.78, 5) is 2.52. The van der Waals surface area contributed by atoms with E-state index in [1.165, 1.54) is 24.0 Å². The fraction of sp³-hybridized carbons (Fsp3) is 0.647. The Bertz CT molecular complexity index is 413. The maximum atomic E-state index is 5.91. The summed E-state index contributed by atoms with van der Waals surface area (Å²) < 4.78 is 5.91.